The lowest BCUT2D eigenvalue weighted by Gasteiger charge is -2.14. The SMILES string of the molecule is Cc1nc(-c2ccccc2NC2CCOC2)n[nH]1. The molecular weight excluding hydrogens is 228 g/mol. The first kappa shape index (κ1) is 11.2. The highest BCUT2D eigenvalue weighted by atomic mass is 16.5. The van der Waals surface area contributed by atoms with Crippen molar-refractivity contribution in [2.75, 3.05) is 18.5 Å². The summed E-state index contributed by atoms with van der Waals surface area (Å²) in [6, 6.07) is 8.48. The molecule has 1 fully saturated rings. The summed E-state index contributed by atoms with van der Waals surface area (Å²) in [5.74, 6) is 1.55. The van der Waals surface area contributed by atoms with Crippen molar-refractivity contribution in [3.05, 3.63) is 30.1 Å². The summed E-state index contributed by atoms with van der Waals surface area (Å²) >= 11 is 0. The summed E-state index contributed by atoms with van der Waals surface area (Å²) in [5.41, 5.74) is 2.08. The van der Waals surface area contributed by atoms with Gasteiger partial charge in [0.05, 0.1) is 12.6 Å². The molecule has 2 heterocycles. The van der Waals surface area contributed by atoms with Crippen LogP contribution in [0.2, 0.25) is 0 Å². The van der Waals surface area contributed by atoms with Crippen molar-refractivity contribution in [3.8, 4) is 11.4 Å². The number of para-hydroxylation sites is 1. The minimum Gasteiger partial charge on any atom is -0.379 e. The molecule has 1 atom stereocenters. The lowest BCUT2D eigenvalue weighted by molar-refractivity contribution is 0.195. The van der Waals surface area contributed by atoms with Gasteiger partial charge in [-0.25, -0.2) is 4.98 Å². The molecule has 0 bridgehead atoms. The summed E-state index contributed by atoms with van der Waals surface area (Å²) in [5, 5.41) is 10.6. The Hall–Kier alpha value is -1.88. The van der Waals surface area contributed by atoms with Crippen molar-refractivity contribution >= 4 is 5.69 Å². The smallest absolute Gasteiger partial charge is 0.183 e. The van der Waals surface area contributed by atoms with Gasteiger partial charge in [-0.3, -0.25) is 5.10 Å². The van der Waals surface area contributed by atoms with Crippen molar-refractivity contribution in [3.63, 3.8) is 0 Å². The Balaban J connectivity index is 1.89. The van der Waals surface area contributed by atoms with E-state index in [1.807, 2.05) is 25.1 Å². The van der Waals surface area contributed by atoms with Gasteiger partial charge >= 0.3 is 0 Å². The van der Waals surface area contributed by atoms with Crippen molar-refractivity contribution in [1.82, 2.24) is 15.2 Å². The van der Waals surface area contributed by atoms with Crippen LogP contribution in [0.5, 0.6) is 0 Å². The van der Waals surface area contributed by atoms with Gasteiger partial charge in [0.1, 0.15) is 5.82 Å². The molecule has 1 unspecified atom stereocenters. The van der Waals surface area contributed by atoms with Gasteiger partial charge in [0.15, 0.2) is 5.82 Å². The van der Waals surface area contributed by atoms with Gasteiger partial charge in [-0.15, -0.1) is 0 Å². The number of aromatic nitrogens is 3. The second kappa shape index (κ2) is 4.78. The normalized spacial score (nSPS) is 19.1. The average molecular weight is 244 g/mol. The maximum Gasteiger partial charge on any atom is 0.183 e. The van der Waals surface area contributed by atoms with Crippen LogP contribution < -0.4 is 5.32 Å². The van der Waals surface area contributed by atoms with Crippen LogP contribution in [-0.4, -0.2) is 34.4 Å². The molecule has 1 aliphatic rings. The first-order valence-electron chi connectivity index (χ1n) is 6.15. The zero-order valence-corrected chi connectivity index (χ0v) is 10.3. The highest BCUT2D eigenvalue weighted by Gasteiger charge is 2.17. The first-order valence-corrected chi connectivity index (χ1v) is 6.15. The fraction of sp³-hybridized carbons (Fsp3) is 0.385. The molecule has 5 nitrogen and oxygen atoms in total. The lowest BCUT2D eigenvalue weighted by atomic mass is 10.1. The predicted molar refractivity (Wildman–Crippen MR) is 69.4 cm³/mol. The van der Waals surface area contributed by atoms with Crippen molar-refractivity contribution < 1.29 is 4.74 Å². The summed E-state index contributed by atoms with van der Waals surface area (Å²) in [7, 11) is 0. The molecule has 18 heavy (non-hydrogen) atoms. The van der Waals surface area contributed by atoms with E-state index in [-0.39, 0.29) is 0 Å². The van der Waals surface area contributed by atoms with Gasteiger partial charge in [-0.2, -0.15) is 5.10 Å². The number of aryl methyl sites for hydroxylation is 1. The average Bonchev–Trinajstić information content (AvgIpc) is 3.02. The Morgan fingerprint density at radius 2 is 2.28 bits per heavy atom. The van der Waals surface area contributed by atoms with Crippen molar-refractivity contribution in [2.45, 2.75) is 19.4 Å². The van der Waals surface area contributed by atoms with Crippen LogP contribution in [0.15, 0.2) is 24.3 Å². The monoisotopic (exact) mass is 244 g/mol. The number of hydrogen-bond acceptors (Lipinski definition) is 4. The molecule has 0 aliphatic carbocycles. The number of H-pyrrole nitrogens is 1. The molecule has 0 spiro atoms. The molecule has 3 rings (SSSR count). The summed E-state index contributed by atoms with van der Waals surface area (Å²) in [6.07, 6.45) is 1.04. The van der Waals surface area contributed by atoms with E-state index in [9.17, 15) is 0 Å². The van der Waals surface area contributed by atoms with Crippen LogP contribution >= 0.6 is 0 Å². The molecule has 5 heteroatoms. The minimum absolute atomic E-state index is 0.381. The third-order valence-electron chi connectivity index (χ3n) is 3.05. The number of rotatable bonds is 3. The largest absolute Gasteiger partial charge is 0.379 e. The van der Waals surface area contributed by atoms with Gasteiger partial charge in [-0.05, 0) is 25.5 Å². The summed E-state index contributed by atoms with van der Waals surface area (Å²) in [6.45, 7) is 3.50. The van der Waals surface area contributed by atoms with Crippen LogP contribution in [-0.2, 0) is 4.74 Å². The molecule has 0 radical (unpaired) electrons. The van der Waals surface area contributed by atoms with E-state index in [2.05, 4.69) is 26.6 Å². The Labute approximate surface area is 106 Å². The van der Waals surface area contributed by atoms with Gasteiger partial charge in [0, 0.05) is 17.9 Å². The van der Waals surface area contributed by atoms with Crippen LogP contribution in [0.4, 0.5) is 5.69 Å². The van der Waals surface area contributed by atoms with E-state index in [0.29, 0.717) is 6.04 Å². The molecule has 0 amide bonds. The van der Waals surface area contributed by atoms with E-state index in [1.165, 1.54) is 0 Å². The molecule has 2 aromatic rings. The third kappa shape index (κ3) is 2.22. The molecular formula is C13H16N4O. The second-order valence-electron chi connectivity index (χ2n) is 4.49. The number of anilines is 1. The summed E-state index contributed by atoms with van der Waals surface area (Å²) < 4.78 is 5.38. The second-order valence-corrected chi connectivity index (χ2v) is 4.49. The number of nitrogens with one attached hydrogen (secondary N) is 2. The Morgan fingerprint density at radius 1 is 1.39 bits per heavy atom. The number of nitrogens with zero attached hydrogens (tertiary/aromatic N) is 2. The fourth-order valence-corrected chi connectivity index (χ4v) is 2.14. The third-order valence-corrected chi connectivity index (χ3v) is 3.05. The van der Waals surface area contributed by atoms with Crippen LogP contribution in [0.25, 0.3) is 11.4 Å². The standard InChI is InChI=1S/C13H16N4O/c1-9-14-13(17-16-9)11-4-2-3-5-12(11)15-10-6-7-18-8-10/h2-5,10,15H,6-8H2,1H3,(H,14,16,17). The Morgan fingerprint density at radius 3 is 3.00 bits per heavy atom. The molecule has 1 aromatic carbocycles. The highest BCUT2D eigenvalue weighted by Crippen LogP contribution is 2.26. The summed E-state index contributed by atoms with van der Waals surface area (Å²) in [4.78, 5) is 4.38. The zero-order chi connectivity index (χ0) is 12.4. The van der Waals surface area contributed by atoms with E-state index in [4.69, 9.17) is 4.74 Å². The molecule has 0 saturated carbocycles. The maximum absolute atomic E-state index is 5.38. The molecule has 94 valence electrons. The zero-order valence-electron chi connectivity index (χ0n) is 10.3. The quantitative estimate of drug-likeness (QED) is 0.866. The van der Waals surface area contributed by atoms with Gasteiger partial charge < -0.3 is 10.1 Å². The van der Waals surface area contributed by atoms with Crippen LogP contribution in [0, 0.1) is 6.92 Å². The van der Waals surface area contributed by atoms with Crippen LogP contribution in [0.3, 0.4) is 0 Å². The number of ether oxygens (including phenoxy) is 1. The van der Waals surface area contributed by atoms with Gasteiger partial charge in [0.2, 0.25) is 0 Å². The fourth-order valence-electron chi connectivity index (χ4n) is 2.14. The molecule has 1 aromatic heterocycles. The highest BCUT2D eigenvalue weighted by molar-refractivity contribution is 5.73. The first-order chi connectivity index (χ1) is 8.83. The van der Waals surface area contributed by atoms with Crippen LogP contribution in [0.1, 0.15) is 12.2 Å². The minimum atomic E-state index is 0.381. The number of hydrogen-bond donors (Lipinski definition) is 2. The Kier molecular flexibility index (Phi) is 2.98. The number of aromatic amines is 1. The van der Waals surface area contributed by atoms with Crippen molar-refractivity contribution in [1.29, 1.82) is 0 Å². The van der Waals surface area contributed by atoms with Crippen molar-refractivity contribution in [2.24, 2.45) is 0 Å². The van der Waals surface area contributed by atoms with E-state index in [0.717, 1.165) is 42.5 Å². The van der Waals surface area contributed by atoms with Gasteiger partial charge in [0.25, 0.3) is 0 Å². The van der Waals surface area contributed by atoms with E-state index >= 15 is 0 Å². The lowest BCUT2D eigenvalue weighted by Crippen LogP contribution is -2.19. The maximum atomic E-state index is 5.38. The van der Waals surface area contributed by atoms with E-state index in [1.54, 1.807) is 0 Å². The molecule has 1 aliphatic heterocycles. The number of benzene rings is 1. The topological polar surface area (TPSA) is 62.8 Å². The van der Waals surface area contributed by atoms with E-state index < -0.39 is 0 Å². The van der Waals surface area contributed by atoms with Gasteiger partial charge in [-0.1, -0.05) is 12.1 Å². The predicted octanol–water partition coefficient (Wildman–Crippen LogP) is 1.98. The molecule has 1 saturated heterocycles. The molecule has 2 N–H and O–H groups in total. The Bertz CT molecular complexity index is 531.